The van der Waals surface area contributed by atoms with Crippen molar-refractivity contribution < 1.29 is 4.79 Å². The number of rotatable bonds is 2. The van der Waals surface area contributed by atoms with Crippen LogP contribution in [0.1, 0.15) is 21.8 Å². The molecule has 0 radical (unpaired) electrons. The molecule has 0 aliphatic carbocycles. The summed E-state index contributed by atoms with van der Waals surface area (Å²) in [6, 6.07) is 15.0. The second kappa shape index (κ2) is 4.46. The van der Waals surface area contributed by atoms with Gasteiger partial charge in [-0.3, -0.25) is 4.79 Å². The van der Waals surface area contributed by atoms with Crippen molar-refractivity contribution in [3.63, 3.8) is 0 Å². The van der Waals surface area contributed by atoms with Crippen LogP contribution >= 0.6 is 11.6 Å². The lowest BCUT2D eigenvalue weighted by atomic mass is 9.92. The van der Waals surface area contributed by atoms with E-state index in [2.05, 4.69) is 5.32 Å². The summed E-state index contributed by atoms with van der Waals surface area (Å²) in [6.45, 7) is 0.667. The van der Waals surface area contributed by atoms with Crippen molar-refractivity contribution in [3.05, 3.63) is 64.7 Å². The third-order valence-electron chi connectivity index (χ3n) is 3.28. The summed E-state index contributed by atoms with van der Waals surface area (Å²) in [5.41, 5.74) is 2.85. The van der Waals surface area contributed by atoms with E-state index in [9.17, 15) is 4.79 Å². The quantitative estimate of drug-likeness (QED) is 0.831. The zero-order valence-electron chi connectivity index (χ0n) is 9.69. The highest BCUT2D eigenvalue weighted by Gasteiger charge is 2.28. The normalized spacial score (nSPS) is 17.1. The maximum absolute atomic E-state index is 12.4. The van der Waals surface area contributed by atoms with Gasteiger partial charge in [-0.1, -0.05) is 29.8 Å². The summed E-state index contributed by atoms with van der Waals surface area (Å²) >= 11 is 5.83. The highest BCUT2D eigenvalue weighted by Crippen LogP contribution is 2.33. The van der Waals surface area contributed by atoms with Crippen LogP contribution in [-0.2, 0) is 0 Å². The number of hydrogen-bond donors (Lipinski definition) is 1. The number of carbonyl (C=O) groups excluding carboxylic acids is 1. The molecule has 0 fully saturated rings. The number of para-hydroxylation sites is 1. The largest absolute Gasteiger partial charge is 0.384 e. The molecule has 1 aliphatic rings. The highest BCUT2D eigenvalue weighted by molar-refractivity contribution is 6.30. The zero-order chi connectivity index (χ0) is 12.5. The number of hydrogen-bond acceptors (Lipinski definition) is 2. The van der Waals surface area contributed by atoms with Crippen LogP contribution in [0.3, 0.4) is 0 Å². The molecular formula is C15H12ClNO. The molecule has 0 amide bonds. The number of halogens is 1. The van der Waals surface area contributed by atoms with Crippen molar-refractivity contribution >= 4 is 23.1 Å². The second-order valence-electron chi connectivity index (χ2n) is 4.39. The Kier molecular flexibility index (Phi) is 2.80. The fourth-order valence-corrected chi connectivity index (χ4v) is 2.46. The molecule has 18 heavy (non-hydrogen) atoms. The van der Waals surface area contributed by atoms with Crippen LogP contribution in [0.15, 0.2) is 48.5 Å². The van der Waals surface area contributed by atoms with E-state index in [4.69, 9.17) is 11.6 Å². The van der Waals surface area contributed by atoms with Crippen LogP contribution in [0, 0.1) is 0 Å². The number of ketones is 1. The molecule has 2 aromatic rings. The van der Waals surface area contributed by atoms with Gasteiger partial charge in [0.2, 0.25) is 0 Å². The Morgan fingerprint density at radius 1 is 1.11 bits per heavy atom. The van der Waals surface area contributed by atoms with Crippen LogP contribution in [0.25, 0.3) is 0 Å². The van der Waals surface area contributed by atoms with Crippen LogP contribution in [0.2, 0.25) is 5.02 Å². The molecule has 1 heterocycles. The molecule has 90 valence electrons. The third kappa shape index (κ3) is 1.89. The van der Waals surface area contributed by atoms with Crippen LogP contribution in [-0.4, -0.2) is 12.3 Å². The summed E-state index contributed by atoms with van der Waals surface area (Å²) in [4.78, 5) is 12.4. The van der Waals surface area contributed by atoms with E-state index in [1.54, 1.807) is 24.3 Å². The van der Waals surface area contributed by atoms with E-state index >= 15 is 0 Å². The van der Waals surface area contributed by atoms with E-state index < -0.39 is 0 Å². The molecule has 3 heteroatoms. The Hall–Kier alpha value is -1.80. The molecule has 0 saturated carbocycles. The minimum atomic E-state index is -0.0950. The van der Waals surface area contributed by atoms with Gasteiger partial charge in [-0.05, 0) is 35.9 Å². The molecule has 1 aliphatic heterocycles. The zero-order valence-corrected chi connectivity index (χ0v) is 10.4. The molecule has 0 spiro atoms. The summed E-state index contributed by atoms with van der Waals surface area (Å²) in [5.74, 6) is 0.0477. The van der Waals surface area contributed by atoms with Gasteiger partial charge in [-0.15, -0.1) is 0 Å². The van der Waals surface area contributed by atoms with Crippen molar-refractivity contribution in [1.82, 2.24) is 0 Å². The average Bonchev–Trinajstić information content (AvgIpc) is 2.82. The maximum atomic E-state index is 12.4. The summed E-state index contributed by atoms with van der Waals surface area (Å²) in [6.07, 6.45) is 0. The number of fused-ring (bicyclic) bond motifs is 1. The van der Waals surface area contributed by atoms with Gasteiger partial charge in [-0.25, -0.2) is 0 Å². The third-order valence-corrected chi connectivity index (χ3v) is 3.53. The first-order chi connectivity index (χ1) is 8.75. The summed E-state index contributed by atoms with van der Waals surface area (Å²) < 4.78 is 0. The van der Waals surface area contributed by atoms with Gasteiger partial charge in [-0.2, -0.15) is 0 Å². The number of anilines is 1. The van der Waals surface area contributed by atoms with Gasteiger partial charge < -0.3 is 5.32 Å². The Morgan fingerprint density at radius 2 is 1.83 bits per heavy atom. The van der Waals surface area contributed by atoms with Crippen LogP contribution in [0.5, 0.6) is 0 Å². The molecule has 1 unspecified atom stereocenters. The molecule has 2 aromatic carbocycles. The smallest absolute Gasteiger partial charge is 0.172 e. The molecule has 0 aromatic heterocycles. The van der Waals surface area contributed by atoms with Gasteiger partial charge in [0.25, 0.3) is 0 Å². The monoisotopic (exact) mass is 257 g/mol. The lowest BCUT2D eigenvalue weighted by molar-refractivity contribution is 0.0966. The fraction of sp³-hybridized carbons (Fsp3) is 0.133. The molecular weight excluding hydrogens is 246 g/mol. The number of nitrogens with one attached hydrogen (secondary N) is 1. The predicted octanol–water partition coefficient (Wildman–Crippen LogP) is 3.73. The lowest BCUT2D eigenvalue weighted by Crippen LogP contribution is -2.14. The van der Waals surface area contributed by atoms with Crippen molar-refractivity contribution in [2.45, 2.75) is 5.92 Å². The second-order valence-corrected chi connectivity index (χ2v) is 4.83. The van der Waals surface area contributed by atoms with E-state index in [-0.39, 0.29) is 11.7 Å². The van der Waals surface area contributed by atoms with Gasteiger partial charge in [0.15, 0.2) is 5.78 Å². The average molecular weight is 258 g/mol. The topological polar surface area (TPSA) is 29.1 Å². The first-order valence-electron chi connectivity index (χ1n) is 5.88. The van der Waals surface area contributed by atoms with E-state index in [0.717, 1.165) is 11.3 Å². The maximum Gasteiger partial charge on any atom is 0.172 e. The van der Waals surface area contributed by atoms with E-state index in [1.807, 2.05) is 24.3 Å². The lowest BCUT2D eigenvalue weighted by Gasteiger charge is -2.09. The fourth-order valence-electron chi connectivity index (χ4n) is 2.33. The number of benzene rings is 2. The van der Waals surface area contributed by atoms with E-state index in [0.29, 0.717) is 17.1 Å². The standard InChI is InChI=1S/C15H12ClNO/c16-11-7-5-10(6-8-11)15(18)13-9-17-14-4-2-1-3-12(13)14/h1-8,13,17H,9H2. The summed E-state index contributed by atoms with van der Waals surface area (Å²) in [5, 5.41) is 3.91. The Balaban J connectivity index is 1.93. The minimum Gasteiger partial charge on any atom is -0.384 e. The highest BCUT2D eigenvalue weighted by atomic mass is 35.5. The number of carbonyl (C=O) groups is 1. The van der Waals surface area contributed by atoms with Crippen molar-refractivity contribution in [3.8, 4) is 0 Å². The SMILES string of the molecule is O=C(c1ccc(Cl)cc1)C1CNc2ccccc21. The molecule has 0 saturated heterocycles. The summed E-state index contributed by atoms with van der Waals surface area (Å²) in [7, 11) is 0. The van der Waals surface area contributed by atoms with Crippen LogP contribution < -0.4 is 5.32 Å². The van der Waals surface area contributed by atoms with Crippen molar-refractivity contribution in [1.29, 1.82) is 0 Å². The minimum absolute atomic E-state index is 0.0950. The van der Waals surface area contributed by atoms with Crippen LogP contribution in [0.4, 0.5) is 5.69 Å². The molecule has 1 atom stereocenters. The van der Waals surface area contributed by atoms with Gasteiger partial charge in [0.05, 0.1) is 5.92 Å². The Morgan fingerprint density at radius 3 is 2.61 bits per heavy atom. The molecule has 1 N–H and O–H groups in total. The first kappa shape index (κ1) is 11.3. The Labute approximate surface area is 111 Å². The predicted molar refractivity (Wildman–Crippen MR) is 73.5 cm³/mol. The molecule has 2 nitrogen and oxygen atoms in total. The van der Waals surface area contributed by atoms with Gasteiger partial charge in [0.1, 0.15) is 0 Å². The molecule has 3 rings (SSSR count). The first-order valence-corrected chi connectivity index (χ1v) is 6.26. The molecule has 0 bridgehead atoms. The van der Waals surface area contributed by atoms with Crippen molar-refractivity contribution in [2.75, 3.05) is 11.9 Å². The Bertz CT molecular complexity index is 592. The number of Topliss-reactive ketones (excluding diaryl/α,β-unsaturated/α-hetero) is 1. The van der Waals surface area contributed by atoms with Gasteiger partial charge in [0, 0.05) is 22.8 Å². The van der Waals surface area contributed by atoms with E-state index in [1.165, 1.54) is 0 Å². The van der Waals surface area contributed by atoms with Crippen molar-refractivity contribution in [2.24, 2.45) is 0 Å². The van der Waals surface area contributed by atoms with Gasteiger partial charge >= 0.3 is 0 Å².